The van der Waals surface area contributed by atoms with Crippen LogP contribution in [0.25, 0.3) is 0 Å². The molecule has 0 bridgehead atoms. The first-order valence-corrected chi connectivity index (χ1v) is 5.99. The van der Waals surface area contributed by atoms with Crippen LogP contribution in [0.4, 0.5) is 5.69 Å². The number of carbonyl (C=O) groups is 3. The molecule has 0 radical (unpaired) electrons. The van der Waals surface area contributed by atoms with Gasteiger partial charge in [-0.2, -0.15) is 0 Å². The van der Waals surface area contributed by atoms with Gasteiger partial charge in [0.15, 0.2) is 5.75 Å². The molecular formula is C13H15N3O4. The Morgan fingerprint density at radius 1 is 1.45 bits per heavy atom. The van der Waals surface area contributed by atoms with Gasteiger partial charge in [-0.3, -0.25) is 19.3 Å². The van der Waals surface area contributed by atoms with Crippen LogP contribution >= 0.6 is 0 Å². The zero-order valence-corrected chi connectivity index (χ0v) is 11.2. The van der Waals surface area contributed by atoms with Crippen molar-refractivity contribution in [3.8, 4) is 5.75 Å². The van der Waals surface area contributed by atoms with E-state index in [0.717, 1.165) is 4.90 Å². The zero-order chi connectivity index (χ0) is 14.9. The number of carbonyl (C=O) groups excluding carboxylic acids is 3. The summed E-state index contributed by atoms with van der Waals surface area (Å²) in [5.74, 6) is -1.00. The van der Waals surface area contributed by atoms with Crippen LogP contribution in [-0.2, 0) is 9.59 Å². The number of imide groups is 1. The van der Waals surface area contributed by atoms with E-state index in [0.29, 0.717) is 5.69 Å². The second-order valence-corrected chi connectivity index (χ2v) is 4.45. The summed E-state index contributed by atoms with van der Waals surface area (Å²) in [6.07, 6.45) is -0.0360. The first-order chi connectivity index (χ1) is 9.45. The number of likely N-dealkylation sites (tertiary alicyclic amines) is 1. The van der Waals surface area contributed by atoms with Crippen LogP contribution in [-0.4, -0.2) is 42.8 Å². The quantitative estimate of drug-likeness (QED) is 0.586. The van der Waals surface area contributed by atoms with Gasteiger partial charge in [-0.25, -0.2) is 0 Å². The summed E-state index contributed by atoms with van der Waals surface area (Å²) < 4.78 is 5.08. The number of nitrogens with zero attached hydrogens (tertiary/aromatic N) is 1. The number of benzene rings is 1. The van der Waals surface area contributed by atoms with Crippen LogP contribution in [0.1, 0.15) is 16.8 Å². The number of hydrogen-bond acceptors (Lipinski definition) is 5. The number of nitrogen functional groups attached to an aromatic ring is 1. The van der Waals surface area contributed by atoms with E-state index in [2.05, 4.69) is 5.32 Å². The molecule has 1 unspecified atom stereocenters. The minimum absolute atomic E-state index is 0.0360. The number of ether oxygens (including phenoxy) is 1. The number of amides is 3. The molecule has 106 valence electrons. The molecule has 0 aromatic heterocycles. The summed E-state index contributed by atoms with van der Waals surface area (Å²) in [5.41, 5.74) is 6.26. The molecule has 1 atom stereocenters. The van der Waals surface area contributed by atoms with E-state index in [1.807, 2.05) is 0 Å². The van der Waals surface area contributed by atoms with E-state index in [-0.39, 0.29) is 23.6 Å². The Bertz CT molecular complexity index is 585. The van der Waals surface area contributed by atoms with Gasteiger partial charge in [0.1, 0.15) is 6.04 Å². The van der Waals surface area contributed by atoms with Gasteiger partial charge in [0, 0.05) is 7.05 Å². The SMILES string of the molecule is COc1c(N)cccc1C(=O)NC1CC(=O)N(C)C1=O. The molecule has 0 spiro atoms. The lowest BCUT2D eigenvalue weighted by atomic mass is 10.1. The molecular weight excluding hydrogens is 262 g/mol. The number of hydrogen-bond donors (Lipinski definition) is 2. The third kappa shape index (κ3) is 2.29. The summed E-state index contributed by atoms with van der Waals surface area (Å²) in [6.45, 7) is 0. The largest absolute Gasteiger partial charge is 0.494 e. The number of methoxy groups -OCH3 is 1. The molecule has 1 saturated heterocycles. The Morgan fingerprint density at radius 3 is 2.70 bits per heavy atom. The monoisotopic (exact) mass is 277 g/mol. The molecule has 2 rings (SSSR count). The summed E-state index contributed by atoms with van der Waals surface area (Å²) in [5, 5.41) is 2.52. The first-order valence-electron chi connectivity index (χ1n) is 5.99. The molecule has 1 aliphatic rings. The van der Waals surface area contributed by atoms with E-state index in [9.17, 15) is 14.4 Å². The van der Waals surface area contributed by atoms with Crippen molar-refractivity contribution in [1.29, 1.82) is 0 Å². The van der Waals surface area contributed by atoms with Crippen molar-refractivity contribution < 1.29 is 19.1 Å². The van der Waals surface area contributed by atoms with Crippen LogP contribution in [0.2, 0.25) is 0 Å². The first kappa shape index (κ1) is 13.9. The van der Waals surface area contributed by atoms with Gasteiger partial charge in [0.2, 0.25) is 5.91 Å². The van der Waals surface area contributed by atoms with Crippen molar-refractivity contribution in [2.75, 3.05) is 19.9 Å². The molecule has 7 nitrogen and oxygen atoms in total. The fraction of sp³-hybridized carbons (Fsp3) is 0.308. The number of para-hydroxylation sites is 1. The van der Waals surface area contributed by atoms with Crippen LogP contribution in [0.15, 0.2) is 18.2 Å². The standard InChI is InChI=1S/C13H15N3O4/c1-16-10(17)6-9(13(16)19)15-12(18)7-4-3-5-8(14)11(7)20-2/h3-5,9H,6,14H2,1-2H3,(H,15,18). The minimum Gasteiger partial charge on any atom is -0.494 e. The Morgan fingerprint density at radius 2 is 2.15 bits per heavy atom. The maximum Gasteiger partial charge on any atom is 0.255 e. The Kier molecular flexibility index (Phi) is 3.60. The van der Waals surface area contributed by atoms with E-state index in [4.69, 9.17) is 10.5 Å². The maximum absolute atomic E-state index is 12.2. The van der Waals surface area contributed by atoms with E-state index in [1.54, 1.807) is 12.1 Å². The van der Waals surface area contributed by atoms with Gasteiger partial charge in [0.05, 0.1) is 24.8 Å². The van der Waals surface area contributed by atoms with Gasteiger partial charge < -0.3 is 15.8 Å². The average Bonchev–Trinajstić information content (AvgIpc) is 2.66. The van der Waals surface area contributed by atoms with Crippen molar-refractivity contribution in [3.63, 3.8) is 0 Å². The lowest BCUT2D eigenvalue weighted by molar-refractivity contribution is -0.137. The predicted molar refractivity (Wildman–Crippen MR) is 71.1 cm³/mol. The molecule has 1 aliphatic heterocycles. The second-order valence-electron chi connectivity index (χ2n) is 4.45. The highest BCUT2D eigenvalue weighted by Crippen LogP contribution is 2.26. The summed E-state index contributed by atoms with van der Waals surface area (Å²) in [7, 11) is 2.79. The van der Waals surface area contributed by atoms with Gasteiger partial charge in [-0.05, 0) is 12.1 Å². The lowest BCUT2D eigenvalue weighted by Crippen LogP contribution is -2.40. The van der Waals surface area contributed by atoms with Crippen molar-refractivity contribution in [2.24, 2.45) is 0 Å². The summed E-state index contributed by atoms with van der Waals surface area (Å²) in [6, 6.07) is 3.91. The number of likely N-dealkylation sites (N-methyl/N-ethyl adjacent to an activating group) is 1. The fourth-order valence-corrected chi connectivity index (χ4v) is 2.07. The van der Waals surface area contributed by atoms with Gasteiger partial charge >= 0.3 is 0 Å². The number of rotatable bonds is 3. The third-order valence-electron chi connectivity index (χ3n) is 3.18. The zero-order valence-electron chi connectivity index (χ0n) is 11.2. The molecule has 0 saturated carbocycles. The van der Waals surface area contributed by atoms with E-state index in [1.165, 1.54) is 20.2 Å². The normalized spacial score (nSPS) is 18.3. The van der Waals surface area contributed by atoms with Crippen molar-refractivity contribution in [1.82, 2.24) is 10.2 Å². The number of nitrogens with one attached hydrogen (secondary N) is 1. The summed E-state index contributed by atoms with van der Waals surface area (Å²) in [4.78, 5) is 36.3. The molecule has 1 fully saturated rings. The van der Waals surface area contributed by atoms with Gasteiger partial charge in [-0.1, -0.05) is 6.07 Å². The van der Waals surface area contributed by atoms with Crippen molar-refractivity contribution in [3.05, 3.63) is 23.8 Å². The number of nitrogens with two attached hydrogens (primary N) is 1. The highest BCUT2D eigenvalue weighted by atomic mass is 16.5. The van der Waals surface area contributed by atoms with Crippen molar-refractivity contribution in [2.45, 2.75) is 12.5 Å². The minimum atomic E-state index is -0.842. The molecule has 1 aromatic carbocycles. The lowest BCUT2D eigenvalue weighted by Gasteiger charge is -2.14. The fourth-order valence-electron chi connectivity index (χ4n) is 2.07. The molecule has 0 aliphatic carbocycles. The highest BCUT2D eigenvalue weighted by Gasteiger charge is 2.37. The van der Waals surface area contributed by atoms with Gasteiger partial charge in [-0.15, -0.1) is 0 Å². The van der Waals surface area contributed by atoms with Gasteiger partial charge in [0.25, 0.3) is 11.8 Å². The Balaban J connectivity index is 2.20. The average molecular weight is 277 g/mol. The van der Waals surface area contributed by atoms with Crippen molar-refractivity contribution >= 4 is 23.4 Å². The Hall–Kier alpha value is -2.57. The van der Waals surface area contributed by atoms with E-state index >= 15 is 0 Å². The summed E-state index contributed by atoms with van der Waals surface area (Å²) >= 11 is 0. The molecule has 20 heavy (non-hydrogen) atoms. The molecule has 3 N–H and O–H groups in total. The number of anilines is 1. The Labute approximate surface area is 115 Å². The van der Waals surface area contributed by atoms with Crippen LogP contribution < -0.4 is 15.8 Å². The molecule has 3 amide bonds. The maximum atomic E-state index is 12.2. The topological polar surface area (TPSA) is 102 Å². The van der Waals surface area contributed by atoms with Crippen LogP contribution in [0, 0.1) is 0 Å². The highest BCUT2D eigenvalue weighted by molar-refractivity contribution is 6.08. The predicted octanol–water partition coefficient (Wildman–Crippen LogP) is -0.235. The molecule has 1 heterocycles. The molecule has 1 aromatic rings. The van der Waals surface area contributed by atoms with Crippen LogP contribution in [0.3, 0.4) is 0 Å². The van der Waals surface area contributed by atoms with Crippen LogP contribution in [0.5, 0.6) is 5.75 Å². The third-order valence-corrected chi connectivity index (χ3v) is 3.18. The van der Waals surface area contributed by atoms with E-state index < -0.39 is 17.9 Å². The smallest absolute Gasteiger partial charge is 0.255 e. The molecule has 7 heteroatoms. The second kappa shape index (κ2) is 5.20.